The van der Waals surface area contributed by atoms with E-state index in [0.29, 0.717) is 5.15 Å². The number of hydrogen-bond acceptors (Lipinski definition) is 2. The highest BCUT2D eigenvalue weighted by Gasteiger charge is 2.17. The van der Waals surface area contributed by atoms with Crippen molar-refractivity contribution < 1.29 is 0 Å². The highest BCUT2D eigenvalue weighted by Crippen LogP contribution is 2.40. The maximum Gasteiger partial charge on any atom is 0.152 e. The van der Waals surface area contributed by atoms with E-state index >= 15 is 0 Å². The molecule has 0 N–H and O–H groups in total. The van der Waals surface area contributed by atoms with Gasteiger partial charge in [0.1, 0.15) is 0 Å². The number of rotatable bonds is 0. The van der Waals surface area contributed by atoms with Crippen molar-refractivity contribution in [1.29, 1.82) is 0 Å². The molecule has 2 nitrogen and oxygen atoms in total. The molecule has 2 heterocycles. The summed E-state index contributed by atoms with van der Waals surface area (Å²) in [6.45, 7) is 0. The first-order valence-corrected chi connectivity index (χ1v) is 6.09. The molecule has 1 radical (unpaired) electrons. The Balaban J connectivity index is 2.26. The van der Waals surface area contributed by atoms with Gasteiger partial charge in [-0.25, -0.2) is 0 Å². The normalized spacial score (nSPS) is 13.1. The Bertz CT molecular complexity index is 528. The molecule has 0 bridgehead atoms. The molecular weight excluding hydrogens is 228 g/mol. The fourth-order valence-electron chi connectivity index (χ4n) is 1.73. The van der Waals surface area contributed by atoms with Crippen LogP contribution in [-0.4, -0.2) is 10.2 Å². The van der Waals surface area contributed by atoms with Crippen molar-refractivity contribution in [3.63, 3.8) is 0 Å². The van der Waals surface area contributed by atoms with Crippen LogP contribution in [0.15, 0.2) is 35.2 Å². The summed E-state index contributed by atoms with van der Waals surface area (Å²) in [4.78, 5) is 1.32. The Morgan fingerprint density at radius 2 is 2.07 bits per heavy atom. The van der Waals surface area contributed by atoms with Gasteiger partial charge in [0.25, 0.3) is 0 Å². The lowest BCUT2D eigenvalue weighted by Crippen LogP contribution is -2.00. The third-order valence-electron chi connectivity index (χ3n) is 2.42. The van der Waals surface area contributed by atoms with Gasteiger partial charge in [0.2, 0.25) is 0 Å². The molecule has 0 amide bonds. The summed E-state index contributed by atoms with van der Waals surface area (Å²) in [7, 11) is 0. The van der Waals surface area contributed by atoms with Crippen LogP contribution in [0.3, 0.4) is 0 Å². The van der Waals surface area contributed by atoms with E-state index < -0.39 is 0 Å². The van der Waals surface area contributed by atoms with E-state index in [-0.39, 0.29) is 0 Å². The summed E-state index contributed by atoms with van der Waals surface area (Å²) in [5.41, 5.74) is 3.36. The van der Waals surface area contributed by atoms with E-state index in [1.807, 2.05) is 12.1 Å². The molecule has 0 saturated carbocycles. The van der Waals surface area contributed by atoms with Gasteiger partial charge in [-0.2, -0.15) is 11.8 Å². The van der Waals surface area contributed by atoms with Crippen LogP contribution in [0, 0.1) is 0 Å². The first kappa shape index (κ1) is 9.19. The molecule has 0 atom stereocenters. The molecule has 4 heteroatoms. The monoisotopic (exact) mass is 235 g/mol. The maximum absolute atomic E-state index is 5.83. The Labute approximate surface area is 96.7 Å². The summed E-state index contributed by atoms with van der Waals surface area (Å²) in [6.07, 6.45) is 0. The van der Waals surface area contributed by atoms with Crippen LogP contribution in [0.1, 0.15) is 5.56 Å². The Hall–Kier alpha value is -1.06. The van der Waals surface area contributed by atoms with Crippen molar-refractivity contribution >= 4 is 23.4 Å². The second-order valence-electron chi connectivity index (χ2n) is 3.37. The molecule has 75 valence electrons. The van der Waals surface area contributed by atoms with Gasteiger partial charge in [-0.05, 0) is 17.7 Å². The first-order chi connectivity index (χ1) is 7.34. The number of hydrogen-bond donors (Lipinski definition) is 1. The molecule has 0 unspecified atom stereocenters. The SMILES string of the molecule is Clc1cc2c(nn1)-c1ccccc1[SH]C2. The molecule has 0 aliphatic carbocycles. The van der Waals surface area contributed by atoms with Gasteiger partial charge in [0, 0.05) is 16.2 Å². The van der Waals surface area contributed by atoms with Gasteiger partial charge >= 0.3 is 0 Å². The summed E-state index contributed by atoms with van der Waals surface area (Å²) in [5.74, 6) is 0.974. The minimum atomic E-state index is 0.475. The smallest absolute Gasteiger partial charge is 0.152 e. The fraction of sp³-hybridized carbons (Fsp3) is 0.0909. The summed E-state index contributed by atoms with van der Waals surface area (Å²) >= 11 is 7.14. The number of benzene rings is 1. The molecule has 15 heavy (non-hydrogen) atoms. The van der Waals surface area contributed by atoms with E-state index in [1.54, 1.807) is 0 Å². The van der Waals surface area contributed by atoms with Gasteiger partial charge in [0.05, 0.1) is 5.69 Å². The highest BCUT2D eigenvalue weighted by molar-refractivity contribution is 7.98. The lowest BCUT2D eigenvalue weighted by atomic mass is 10.1. The lowest BCUT2D eigenvalue weighted by molar-refractivity contribution is 1.01. The van der Waals surface area contributed by atoms with E-state index in [0.717, 1.165) is 11.4 Å². The van der Waals surface area contributed by atoms with Gasteiger partial charge < -0.3 is 0 Å². The summed E-state index contributed by atoms with van der Waals surface area (Å²) in [5, 5.41) is 8.55. The Morgan fingerprint density at radius 1 is 1.20 bits per heavy atom. The van der Waals surface area contributed by atoms with Crippen molar-refractivity contribution in [3.05, 3.63) is 41.0 Å². The van der Waals surface area contributed by atoms with Crippen LogP contribution in [0.25, 0.3) is 11.3 Å². The van der Waals surface area contributed by atoms with Crippen molar-refractivity contribution in [1.82, 2.24) is 10.2 Å². The molecule has 1 aromatic carbocycles. The fourth-order valence-corrected chi connectivity index (χ4v) is 3.03. The number of aromatic nitrogens is 2. The average Bonchev–Trinajstić information content (AvgIpc) is 2.28. The van der Waals surface area contributed by atoms with Gasteiger partial charge in [0.15, 0.2) is 5.15 Å². The maximum atomic E-state index is 5.83. The molecule has 0 fully saturated rings. The van der Waals surface area contributed by atoms with Crippen molar-refractivity contribution in [2.24, 2.45) is 0 Å². The highest BCUT2D eigenvalue weighted by atomic mass is 35.5. The largest absolute Gasteiger partial charge is 0.188 e. The average molecular weight is 236 g/mol. The van der Waals surface area contributed by atoms with Gasteiger partial charge in [-0.1, -0.05) is 29.8 Å². The van der Waals surface area contributed by atoms with E-state index in [1.165, 1.54) is 27.8 Å². The van der Waals surface area contributed by atoms with Crippen LogP contribution >= 0.6 is 23.4 Å². The Kier molecular flexibility index (Phi) is 2.15. The molecule has 1 aliphatic heterocycles. The van der Waals surface area contributed by atoms with Crippen molar-refractivity contribution in [2.75, 3.05) is 0 Å². The molecule has 0 spiro atoms. The minimum absolute atomic E-state index is 0.475. The minimum Gasteiger partial charge on any atom is -0.188 e. The zero-order chi connectivity index (χ0) is 10.3. The van der Waals surface area contributed by atoms with Crippen molar-refractivity contribution in [3.8, 4) is 11.3 Å². The van der Waals surface area contributed by atoms with E-state index in [4.69, 9.17) is 11.6 Å². The second-order valence-corrected chi connectivity index (χ2v) is 4.88. The second kappa shape index (κ2) is 3.51. The topological polar surface area (TPSA) is 25.8 Å². The van der Waals surface area contributed by atoms with Crippen LogP contribution in [0.2, 0.25) is 5.15 Å². The van der Waals surface area contributed by atoms with Crippen LogP contribution in [0.4, 0.5) is 0 Å². The Morgan fingerprint density at radius 3 is 3.00 bits per heavy atom. The van der Waals surface area contributed by atoms with Gasteiger partial charge in [-0.15, -0.1) is 10.2 Å². The standard InChI is InChI=1S/C11H8ClN2S/c12-10-5-7-6-15-9-4-2-1-3-8(9)11(7)14-13-10/h1-5,15H,6H2. The molecule has 3 rings (SSSR count). The van der Waals surface area contributed by atoms with Gasteiger partial charge in [-0.3, -0.25) is 0 Å². The van der Waals surface area contributed by atoms with E-state index in [9.17, 15) is 0 Å². The zero-order valence-corrected chi connectivity index (χ0v) is 9.46. The van der Waals surface area contributed by atoms with E-state index in [2.05, 4.69) is 28.4 Å². The number of nitrogens with zero attached hydrogens (tertiary/aromatic N) is 2. The lowest BCUT2D eigenvalue weighted by Gasteiger charge is -2.18. The third-order valence-corrected chi connectivity index (χ3v) is 3.84. The van der Waals surface area contributed by atoms with Crippen LogP contribution in [0.5, 0.6) is 0 Å². The predicted octanol–water partition coefficient (Wildman–Crippen LogP) is 3.14. The summed E-state index contributed by atoms with van der Waals surface area (Å²) < 4.78 is 0. The van der Waals surface area contributed by atoms with Crippen LogP contribution < -0.4 is 0 Å². The number of halogens is 1. The quantitative estimate of drug-likeness (QED) is 0.710. The first-order valence-electron chi connectivity index (χ1n) is 4.63. The summed E-state index contributed by atoms with van der Waals surface area (Å²) in [6, 6.07) is 10.2. The number of thiol groups is 1. The zero-order valence-electron chi connectivity index (χ0n) is 7.81. The van der Waals surface area contributed by atoms with Crippen LogP contribution in [-0.2, 0) is 5.75 Å². The van der Waals surface area contributed by atoms with Crippen molar-refractivity contribution in [2.45, 2.75) is 10.6 Å². The predicted molar refractivity (Wildman–Crippen MR) is 63.4 cm³/mol. The number of fused-ring (bicyclic) bond motifs is 3. The third kappa shape index (κ3) is 1.52. The molecule has 2 aromatic rings. The molecule has 0 saturated heterocycles. The molecule has 1 aliphatic rings. The molecular formula is C11H8ClN2S. The molecule has 1 aromatic heterocycles.